The van der Waals surface area contributed by atoms with Gasteiger partial charge in [-0.2, -0.15) is 5.26 Å². The van der Waals surface area contributed by atoms with E-state index in [2.05, 4.69) is 30.1 Å². The van der Waals surface area contributed by atoms with Gasteiger partial charge in [-0.25, -0.2) is 4.39 Å². The molecule has 3 aliphatic heterocycles. The number of halogens is 1. The lowest BCUT2D eigenvalue weighted by molar-refractivity contribution is -0.146. The number of rotatable bonds is 7. The van der Waals surface area contributed by atoms with Crippen molar-refractivity contribution in [2.24, 2.45) is 0 Å². The normalized spacial score (nSPS) is 28.1. The number of nitrogens with zero attached hydrogens (tertiary/aromatic N) is 4. The third kappa shape index (κ3) is 5.28. The van der Waals surface area contributed by atoms with Crippen LogP contribution < -0.4 is 5.32 Å². The second kappa shape index (κ2) is 10.6. The Morgan fingerprint density at radius 1 is 1.26 bits per heavy atom. The fraction of sp³-hybridized carbons (Fsp3) is 0.655. The molecule has 3 aliphatic rings. The Labute approximate surface area is 225 Å². The molecule has 5 atom stereocenters. The van der Waals surface area contributed by atoms with E-state index in [1.165, 1.54) is 30.1 Å². The number of nitriles is 1. The van der Waals surface area contributed by atoms with Crippen LogP contribution >= 0.6 is 0 Å². The predicted octanol–water partition coefficient (Wildman–Crippen LogP) is 3.62. The molecule has 38 heavy (non-hydrogen) atoms. The van der Waals surface area contributed by atoms with Crippen LogP contribution in [0.25, 0.3) is 0 Å². The van der Waals surface area contributed by atoms with Crippen molar-refractivity contribution in [3.05, 3.63) is 29.8 Å². The minimum absolute atomic E-state index is 0.0148. The van der Waals surface area contributed by atoms with Crippen molar-refractivity contribution in [1.29, 1.82) is 5.26 Å². The second-order valence-electron chi connectivity index (χ2n) is 12.0. The minimum atomic E-state index is -1.72. The number of amides is 3. The molecule has 0 unspecified atom stereocenters. The maximum Gasteiger partial charge on any atom is 0.246 e. The van der Waals surface area contributed by atoms with Crippen molar-refractivity contribution in [3.63, 3.8) is 0 Å². The number of alkyl halides is 1. The second-order valence-corrected chi connectivity index (χ2v) is 12.0. The van der Waals surface area contributed by atoms with E-state index in [-0.39, 0.29) is 37.6 Å². The first-order valence-corrected chi connectivity index (χ1v) is 13.7. The lowest BCUT2D eigenvalue weighted by Crippen LogP contribution is -2.53. The zero-order valence-corrected chi connectivity index (χ0v) is 23.2. The number of para-hydroxylation sites is 1. The molecule has 2 saturated heterocycles. The first kappa shape index (κ1) is 28.0. The van der Waals surface area contributed by atoms with Crippen molar-refractivity contribution in [2.45, 2.75) is 101 Å². The fourth-order valence-electron chi connectivity index (χ4n) is 6.52. The predicted molar refractivity (Wildman–Crippen MR) is 143 cm³/mol. The van der Waals surface area contributed by atoms with Gasteiger partial charge in [0.1, 0.15) is 17.8 Å². The van der Waals surface area contributed by atoms with E-state index >= 15 is 0 Å². The van der Waals surface area contributed by atoms with Crippen LogP contribution in [0.5, 0.6) is 0 Å². The van der Waals surface area contributed by atoms with Gasteiger partial charge >= 0.3 is 0 Å². The Morgan fingerprint density at radius 2 is 1.92 bits per heavy atom. The number of hydrogen-bond acceptors (Lipinski definition) is 5. The van der Waals surface area contributed by atoms with E-state index in [9.17, 15) is 24.0 Å². The number of hydrogen-bond donors (Lipinski definition) is 1. The van der Waals surface area contributed by atoms with Gasteiger partial charge in [0.2, 0.25) is 17.7 Å². The molecule has 0 aliphatic carbocycles. The first-order chi connectivity index (χ1) is 17.9. The number of nitrogens with one attached hydrogen (secondary N) is 1. The number of carbonyl (C=O) groups is 3. The fourth-order valence-corrected chi connectivity index (χ4v) is 6.52. The Morgan fingerprint density at radius 3 is 2.55 bits per heavy atom. The Kier molecular flexibility index (Phi) is 7.85. The van der Waals surface area contributed by atoms with E-state index in [0.29, 0.717) is 24.3 Å². The van der Waals surface area contributed by atoms with Gasteiger partial charge in [0.15, 0.2) is 0 Å². The highest BCUT2D eigenvalue weighted by Crippen LogP contribution is 2.46. The summed E-state index contributed by atoms with van der Waals surface area (Å²) in [5, 5.41) is 12.8. The van der Waals surface area contributed by atoms with E-state index in [1.807, 2.05) is 18.2 Å². The number of fused-ring (bicyclic) bond motifs is 2. The molecule has 0 bridgehead atoms. The Balaban J connectivity index is 1.55. The van der Waals surface area contributed by atoms with Crippen LogP contribution in [0.1, 0.15) is 71.8 Å². The quantitative estimate of drug-likeness (QED) is 0.587. The van der Waals surface area contributed by atoms with Crippen LogP contribution in [-0.2, 0) is 19.8 Å². The highest BCUT2D eigenvalue weighted by atomic mass is 19.1. The van der Waals surface area contributed by atoms with E-state index in [0.717, 1.165) is 18.4 Å². The summed E-state index contributed by atoms with van der Waals surface area (Å²) in [4.78, 5) is 45.5. The molecule has 3 heterocycles. The van der Waals surface area contributed by atoms with Crippen molar-refractivity contribution >= 4 is 23.4 Å². The summed E-state index contributed by atoms with van der Waals surface area (Å²) >= 11 is 0. The van der Waals surface area contributed by atoms with Crippen LogP contribution in [0.3, 0.4) is 0 Å². The van der Waals surface area contributed by atoms with Crippen LogP contribution in [0.4, 0.5) is 10.1 Å². The summed E-state index contributed by atoms with van der Waals surface area (Å²) < 4.78 is 15.0. The van der Waals surface area contributed by atoms with E-state index in [4.69, 9.17) is 0 Å². The van der Waals surface area contributed by atoms with Gasteiger partial charge in [-0.3, -0.25) is 19.3 Å². The zero-order chi connectivity index (χ0) is 27.8. The number of piperidine rings is 1. The summed E-state index contributed by atoms with van der Waals surface area (Å²) in [6, 6.07) is 8.32. The minimum Gasteiger partial charge on any atom is -0.334 e. The third-order valence-electron chi connectivity index (χ3n) is 8.70. The summed E-state index contributed by atoms with van der Waals surface area (Å²) in [7, 11) is 1.55. The van der Waals surface area contributed by atoms with Gasteiger partial charge in [0, 0.05) is 57.2 Å². The van der Waals surface area contributed by atoms with Crippen LogP contribution in [-0.4, -0.2) is 82.4 Å². The van der Waals surface area contributed by atoms with Gasteiger partial charge in [0.05, 0.1) is 11.5 Å². The number of likely N-dealkylation sites (tertiary alicyclic amines) is 2. The summed E-state index contributed by atoms with van der Waals surface area (Å²) in [5.41, 5.74) is -1.32. The topological polar surface area (TPSA) is 96.8 Å². The van der Waals surface area contributed by atoms with Gasteiger partial charge in [-0.1, -0.05) is 24.6 Å². The average Bonchev–Trinajstić information content (AvgIpc) is 3.39. The molecule has 206 valence electrons. The SMILES string of the molecule is C[C@@H]1CCC[C@H](C)N1CCC(=O)N(C)[C@@H](CC(C)(C)F)C(=O)N1C[C@]2(C[C@H]1C#N)C(=O)Nc1ccccc12. The molecule has 8 nitrogen and oxygen atoms in total. The number of likely N-dealkylation sites (N-methyl/N-ethyl adjacent to an activating group) is 1. The molecule has 0 radical (unpaired) electrons. The molecule has 1 N–H and O–H groups in total. The van der Waals surface area contributed by atoms with Gasteiger partial charge < -0.3 is 15.1 Å². The summed E-state index contributed by atoms with van der Waals surface area (Å²) in [6.45, 7) is 7.71. The first-order valence-electron chi connectivity index (χ1n) is 13.7. The molecule has 4 rings (SSSR count). The monoisotopic (exact) mass is 525 g/mol. The largest absolute Gasteiger partial charge is 0.334 e. The highest BCUT2D eigenvalue weighted by Gasteiger charge is 2.57. The Bertz CT molecular complexity index is 1120. The summed E-state index contributed by atoms with van der Waals surface area (Å²) in [6.07, 6.45) is 3.54. The van der Waals surface area contributed by atoms with Crippen LogP contribution in [0.2, 0.25) is 0 Å². The van der Waals surface area contributed by atoms with Crippen molar-refractivity contribution in [1.82, 2.24) is 14.7 Å². The van der Waals surface area contributed by atoms with Crippen LogP contribution in [0, 0.1) is 11.3 Å². The van der Waals surface area contributed by atoms with Gasteiger partial charge in [-0.15, -0.1) is 0 Å². The lowest BCUT2D eigenvalue weighted by Gasteiger charge is -2.39. The maximum atomic E-state index is 15.0. The number of anilines is 1. The molecule has 0 saturated carbocycles. The lowest BCUT2D eigenvalue weighted by atomic mass is 9.80. The molecule has 0 aromatic heterocycles. The van der Waals surface area contributed by atoms with Crippen molar-refractivity contribution in [2.75, 3.05) is 25.5 Å². The molecule has 1 spiro atoms. The maximum absolute atomic E-state index is 15.0. The standard InChI is InChI=1S/C29H40FN5O3/c1-19-9-8-10-20(2)34(19)14-13-25(36)33(5)24(16-28(3,4)30)26(37)35-18-29(15-21(35)17-31)22-11-6-7-12-23(22)32-27(29)38/h6-7,11-12,19-21,24H,8-10,13-16,18H2,1-5H3,(H,32,38)/t19-,20+,21-,24-,29-/m0/s1. The zero-order valence-electron chi connectivity index (χ0n) is 23.2. The van der Waals surface area contributed by atoms with Crippen molar-refractivity contribution < 1.29 is 18.8 Å². The number of carbonyl (C=O) groups excluding carboxylic acids is 3. The highest BCUT2D eigenvalue weighted by molar-refractivity contribution is 6.07. The molecular weight excluding hydrogens is 485 g/mol. The van der Waals surface area contributed by atoms with Gasteiger partial charge in [-0.05, 0) is 52.2 Å². The smallest absolute Gasteiger partial charge is 0.246 e. The molecule has 9 heteroatoms. The molecule has 1 aromatic rings. The van der Waals surface area contributed by atoms with E-state index < -0.39 is 29.1 Å². The van der Waals surface area contributed by atoms with Gasteiger partial charge in [0.25, 0.3) is 0 Å². The van der Waals surface area contributed by atoms with E-state index in [1.54, 1.807) is 13.1 Å². The average molecular weight is 526 g/mol. The van der Waals surface area contributed by atoms with Crippen molar-refractivity contribution in [3.8, 4) is 6.07 Å². The molecule has 2 fully saturated rings. The third-order valence-corrected chi connectivity index (χ3v) is 8.70. The number of benzene rings is 1. The molecular formula is C29H40FN5O3. The summed E-state index contributed by atoms with van der Waals surface area (Å²) in [5.74, 6) is -0.971. The van der Waals surface area contributed by atoms with Crippen LogP contribution in [0.15, 0.2) is 24.3 Å². The molecule has 1 aromatic carbocycles. The Hall–Kier alpha value is -2.99. The molecule has 3 amide bonds.